The lowest BCUT2D eigenvalue weighted by molar-refractivity contribution is 0.315. The van der Waals surface area contributed by atoms with Gasteiger partial charge in [-0.1, -0.05) is 0 Å². The van der Waals surface area contributed by atoms with Gasteiger partial charge in [0, 0.05) is 6.04 Å². The maximum absolute atomic E-state index is 12.7. The Morgan fingerprint density at radius 1 is 1.30 bits per heavy atom. The molecule has 0 bridgehead atoms. The van der Waals surface area contributed by atoms with Crippen LogP contribution in [0.4, 0.5) is 0 Å². The van der Waals surface area contributed by atoms with Gasteiger partial charge in [0.15, 0.2) is 0 Å². The second-order valence-electron chi connectivity index (χ2n) is 4.71. The van der Waals surface area contributed by atoms with Crippen LogP contribution in [0.3, 0.4) is 0 Å². The number of nitrogens with zero attached hydrogens (tertiary/aromatic N) is 1. The molecule has 0 amide bonds. The van der Waals surface area contributed by atoms with Crippen molar-refractivity contribution >= 4 is 37.3 Å². The molecule has 0 radical (unpaired) electrons. The van der Waals surface area contributed by atoms with Crippen molar-refractivity contribution in [1.29, 1.82) is 0 Å². The molecule has 2 aromatic rings. The summed E-state index contributed by atoms with van der Waals surface area (Å²) in [5, 5.41) is 0. The zero-order chi connectivity index (χ0) is 14.9. The summed E-state index contributed by atoms with van der Waals surface area (Å²) >= 11 is 4.51. The summed E-state index contributed by atoms with van der Waals surface area (Å²) in [6.45, 7) is 5.80. The summed E-state index contributed by atoms with van der Waals surface area (Å²) in [4.78, 5) is 0. The van der Waals surface area contributed by atoms with Gasteiger partial charge in [-0.3, -0.25) is 0 Å². The van der Waals surface area contributed by atoms with Gasteiger partial charge in [-0.15, -0.1) is 11.3 Å². The summed E-state index contributed by atoms with van der Waals surface area (Å²) < 4.78 is 33.4. The van der Waals surface area contributed by atoms with E-state index in [-0.39, 0.29) is 12.6 Å². The molecular formula is C13H16BrNO3S2. The topological polar surface area (TPSA) is 50.5 Å². The van der Waals surface area contributed by atoms with Crippen molar-refractivity contribution in [2.45, 2.75) is 37.6 Å². The predicted octanol–water partition coefficient (Wildman–Crippen LogP) is 4.01. The number of furan rings is 1. The molecule has 0 N–H and O–H groups in total. The Kier molecular flexibility index (Phi) is 4.73. The summed E-state index contributed by atoms with van der Waals surface area (Å²) in [6, 6.07) is 6.86. The van der Waals surface area contributed by atoms with Crippen LogP contribution >= 0.6 is 27.3 Å². The first kappa shape index (κ1) is 15.8. The molecule has 2 rings (SSSR count). The average molecular weight is 378 g/mol. The van der Waals surface area contributed by atoms with Crippen molar-refractivity contribution in [3.63, 3.8) is 0 Å². The highest BCUT2D eigenvalue weighted by Gasteiger charge is 2.29. The van der Waals surface area contributed by atoms with Crippen LogP contribution in [0, 0.1) is 6.92 Å². The van der Waals surface area contributed by atoms with E-state index >= 15 is 0 Å². The van der Waals surface area contributed by atoms with Gasteiger partial charge < -0.3 is 4.42 Å². The second-order valence-corrected chi connectivity index (χ2v) is 9.30. The zero-order valence-electron chi connectivity index (χ0n) is 11.5. The van der Waals surface area contributed by atoms with Gasteiger partial charge in [-0.2, -0.15) is 4.31 Å². The highest BCUT2D eigenvalue weighted by molar-refractivity contribution is 9.11. The van der Waals surface area contributed by atoms with E-state index in [4.69, 9.17) is 4.42 Å². The highest BCUT2D eigenvalue weighted by atomic mass is 79.9. The Morgan fingerprint density at radius 3 is 2.45 bits per heavy atom. The predicted molar refractivity (Wildman–Crippen MR) is 83.3 cm³/mol. The van der Waals surface area contributed by atoms with E-state index in [1.54, 1.807) is 12.1 Å². The fourth-order valence-electron chi connectivity index (χ4n) is 1.82. The molecule has 0 saturated carbocycles. The molecule has 7 heteroatoms. The van der Waals surface area contributed by atoms with E-state index in [1.165, 1.54) is 15.6 Å². The van der Waals surface area contributed by atoms with E-state index in [2.05, 4.69) is 15.9 Å². The molecule has 2 heterocycles. The van der Waals surface area contributed by atoms with Gasteiger partial charge in [-0.25, -0.2) is 8.42 Å². The maximum atomic E-state index is 12.7. The quantitative estimate of drug-likeness (QED) is 0.790. The van der Waals surface area contributed by atoms with Crippen molar-refractivity contribution < 1.29 is 12.8 Å². The molecule has 110 valence electrons. The van der Waals surface area contributed by atoms with Crippen molar-refractivity contribution in [2.24, 2.45) is 0 Å². The van der Waals surface area contributed by atoms with Crippen LogP contribution in [0.2, 0.25) is 0 Å². The van der Waals surface area contributed by atoms with Crippen molar-refractivity contribution in [3.05, 3.63) is 39.6 Å². The van der Waals surface area contributed by atoms with E-state index in [1.807, 2.05) is 32.9 Å². The van der Waals surface area contributed by atoms with Gasteiger partial charge >= 0.3 is 0 Å². The molecule has 0 atom stereocenters. The first-order valence-corrected chi connectivity index (χ1v) is 9.18. The first-order chi connectivity index (χ1) is 9.30. The minimum atomic E-state index is -3.51. The van der Waals surface area contributed by atoms with E-state index in [9.17, 15) is 8.42 Å². The van der Waals surface area contributed by atoms with Crippen LogP contribution in [0.1, 0.15) is 25.4 Å². The molecule has 0 aliphatic carbocycles. The van der Waals surface area contributed by atoms with Crippen LogP contribution in [-0.2, 0) is 16.6 Å². The first-order valence-electron chi connectivity index (χ1n) is 6.13. The molecule has 0 aliphatic rings. The Morgan fingerprint density at radius 2 is 2.00 bits per heavy atom. The maximum Gasteiger partial charge on any atom is 0.253 e. The summed E-state index contributed by atoms with van der Waals surface area (Å²) in [5.74, 6) is 1.43. The third-order valence-electron chi connectivity index (χ3n) is 2.80. The summed E-state index contributed by atoms with van der Waals surface area (Å²) in [7, 11) is -3.51. The van der Waals surface area contributed by atoms with Crippen molar-refractivity contribution in [2.75, 3.05) is 0 Å². The minimum absolute atomic E-state index is 0.147. The lowest BCUT2D eigenvalue weighted by Gasteiger charge is -2.24. The standard InChI is InChI=1S/C13H16BrNO3S2/c1-9(2)15(8-11-5-4-10(3)18-11)20(16,17)13-7-6-12(14)19-13/h4-7,9H,8H2,1-3H3. The number of rotatable bonds is 5. The number of thiophene rings is 1. The fourth-order valence-corrected chi connectivity index (χ4v) is 5.56. The molecule has 4 nitrogen and oxygen atoms in total. The summed E-state index contributed by atoms with van der Waals surface area (Å²) in [6.07, 6.45) is 0. The third-order valence-corrected chi connectivity index (χ3v) is 6.91. The Balaban J connectivity index is 2.33. The van der Waals surface area contributed by atoms with Crippen LogP contribution in [0.15, 0.2) is 36.7 Å². The Bertz CT molecular complexity index is 688. The molecule has 0 spiro atoms. The third kappa shape index (κ3) is 3.33. The second kappa shape index (κ2) is 6.01. The van der Waals surface area contributed by atoms with Crippen molar-refractivity contribution in [3.8, 4) is 0 Å². The summed E-state index contributed by atoms with van der Waals surface area (Å²) in [5.41, 5.74) is 0. The zero-order valence-corrected chi connectivity index (χ0v) is 14.7. The lowest BCUT2D eigenvalue weighted by atomic mass is 10.3. The largest absolute Gasteiger partial charge is 0.465 e. The van der Waals surface area contributed by atoms with Gasteiger partial charge in [0.2, 0.25) is 0 Å². The van der Waals surface area contributed by atoms with Crippen LogP contribution in [0.25, 0.3) is 0 Å². The molecular weight excluding hydrogens is 362 g/mol. The molecule has 0 fully saturated rings. The van der Waals surface area contributed by atoms with E-state index < -0.39 is 10.0 Å². The highest BCUT2D eigenvalue weighted by Crippen LogP contribution is 2.30. The normalized spacial score (nSPS) is 12.5. The lowest BCUT2D eigenvalue weighted by Crippen LogP contribution is -2.35. The van der Waals surface area contributed by atoms with E-state index in [0.29, 0.717) is 9.97 Å². The molecule has 0 saturated heterocycles. The number of hydrogen-bond acceptors (Lipinski definition) is 4. The molecule has 0 aliphatic heterocycles. The van der Waals surface area contributed by atoms with Gasteiger partial charge in [-0.05, 0) is 61.0 Å². The number of aryl methyl sites for hydroxylation is 1. The number of hydrogen-bond donors (Lipinski definition) is 0. The SMILES string of the molecule is Cc1ccc(CN(C(C)C)S(=O)(=O)c2ccc(Br)s2)o1. The monoisotopic (exact) mass is 377 g/mol. The van der Waals surface area contributed by atoms with Gasteiger partial charge in [0.25, 0.3) is 10.0 Å². The van der Waals surface area contributed by atoms with Crippen LogP contribution in [0.5, 0.6) is 0 Å². The number of sulfonamides is 1. The molecule has 0 aromatic carbocycles. The fraction of sp³-hybridized carbons (Fsp3) is 0.385. The Hall–Kier alpha value is -0.630. The van der Waals surface area contributed by atoms with Crippen LogP contribution < -0.4 is 0 Å². The molecule has 20 heavy (non-hydrogen) atoms. The van der Waals surface area contributed by atoms with Gasteiger partial charge in [0.05, 0.1) is 10.3 Å². The molecule has 0 unspecified atom stereocenters. The van der Waals surface area contributed by atoms with Crippen molar-refractivity contribution in [1.82, 2.24) is 4.31 Å². The van der Waals surface area contributed by atoms with E-state index in [0.717, 1.165) is 9.55 Å². The minimum Gasteiger partial charge on any atom is -0.465 e. The average Bonchev–Trinajstić information content (AvgIpc) is 2.94. The Labute approximate surface area is 131 Å². The van der Waals surface area contributed by atoms with Gasteiger partial charge in [0.1, 0.15) is 15.7 Å². The molecule has 2 aromatic heterocycles. The smallest absolute Gasteiger partial charge is 0.253 e. The number of halogens is 1. The van der Waals surface area contributed by atoms with Crippen LogP contribution in [-0.4, -0.2) is 18.8 Å².